The van der Waals surface area contributed by atoms with E-state index in [1.165, 1.54) is 12.1 Å². The average Bonchev–Trinajstić information content (AvgIpc) is 3.26. The maximum atomic E-state index is 13.0. The van der Waals surface area contributed by atoms with Crippen LogP contribution in [0.1, 0.15) is 18.4 Å². The van der Waals surface area contributed by atoms with Gasteiger partial charge in [0.15, 0.2) is 0 Å². The van der Waals surface area contributed by atoms with Gasteiger partial charge in [0.1, 0.15) is 11.6 Å². The Hall–Kier alpha value is -2.89. The van der Waals surface area contributed by atoms with Gasteiger partial charge in [-0.05, 0) is 48.4 Å². The van der Waals surface area contributed by atoms with E-state index >= 15 is 0 Å². The van der Waals surface area contributed by atoms with Crippen molar-refractivity contribution in [3.63, 3.8) is 0 Å². The van der Waals surface area contributed by atoms with E-state index in [4.69, 9.17) is 4.74 Å². The fourth-order valence-corrected chi connectivity index (χ4v) is 4.20. The molecule has 2 amide bonds. The van der Waals surface area contributed by atoms with E-state index in [1.54, 1.807) is 19.2 Å². The van der Waals surface area contributed by atoms with Gasteiger partial charge in [0.25, 0.3) is 0 Å². The summed E-state index contributed by atoms with van der Waals surface area (Å²) in [6.07, 6.45) is 1.53. The Morgan fingerprint density at radius 3 is 2.50 bits per heavy atom. The largest absolute Gasteiger partial charge is 0.497 e. The highest BCUT2D eigenvalue weighted by Gasteiger charge is 2.48. The van der Waals surface area contributed by atoms with E-state index in [1.807, 2.05) is 34.1 Å². The van der Waals surface area contributed by atoms with E-state index < -0.39 is 0 Å². The van der Waals surface area contributed by atoms with Crippen molar-refractivity contribution in [1.29, 1.82) is 0 Å². The van der Waals surface area contributed by atoms with Gasteiger partial charge in [-0.15, -0.1) is 0 Å². The summed E-state index contributed by atoms with van der Waals surface area (Å²) in [5.74, 6) is 0.569. The van der Waals surface area contributed by atoms with Crippen LogP contribution >= 0.6 is 0 Å². The fourth-order valence-electron chi connectivity index (χ4n) is 4.20. The summed E-state index contributed by atoms with van der Waals surface area (Å²) in [6, 6.07) is 13.5. The molecule has 2 aliphatic rings. The Morgan fingerprint density at radius 1 is 1.11 bits per heavy atom. The number of halogens is 1. The first kappa shape index (κ1) is 18.5. The Balaban J connectivity index is 1.41. The van der Waals surface area contributed by atoms with Crippen LogP contribution in [0, 0.1) is 11.2 Å². The van der Waals surface area contributed by atoms with Crippen LogP contribution in [0.2, 0.25) is 0 Å². The summed E-state index contributed by atoms with van der Waals surface area (Å²) >= 11 is 0. The topological polar surface area (TPSA) is 49.9 Å². The standard InChI is InChI=1S/C22H23FN2O3/c1-28-19-8-6-18(7-9-19)25-15-22(13-21(25)27)10-11-24(14-22)20(26)12-16-2-4-17(23)5-3-16/h2-9H,10-15H2,1H3. The van der Waals surface area contributed by atoms with Crippen molar-refractivity contribution in [2.45, 2.75) is 19.3 Å². The van der Waals surface area contributed by atoms with Crippen molar-refractivity contribution in [2.24, 2.45) is 5.41 Å². The van der Waals surface area contributed by atoms with Gasteiger partial charge in [0.05, 0.1) is 13.5 Å². The number of likely N-dealkylation sites (tertiary alicyclic amines) is 1. The number of nitrogens with zero attached hydrogens (tertiary/aromatic N) is 2. The van der Waals surface area contributed by atoms with E-state index in [9.17, 15) is 14.0 Å². The molecule has 2 aromatic rings. The second-order valence-electron chi connectivity index (χ2n) is 7.72. The molecule has 5 nitrogen and oxygen atoms in total. The third kappa shape index (κ3) is 3.59. The monoisotopic (exact) mass is 382 g/mol. The second-order valence-corrected chi connectivity index (χ2v) is 7.72. The van der Waals surface area contributed by atoms with E-state index in [-0.39, 0.29) is 29.5 Å². The molecule has 146 valence electrons. The van der Waals surface area contributed by atoms with Crippen LogP contribution in [0.3, 0.4) is 0 Å². The molecule has 2 aromatic carbocycles. The number of carbonyl (C=O) groups excluding carboxylic acids is 2. The predicted molar refractivity (Wildman–Crippen MR) is 104 cm³/mol. The number of carbonyl (C=O) groups is 2. The highest BCUT2D eigenvalue weighted by molar-refractivity contribution is 5.96. The minimum absolute atomic E-state index is 0.0267. The lowest BCUT2D eigenvalue weighted by atomic mass is 9.86. The van der Waals surface area contributed by atoms with Gasteiger partial charge in [-0.1, -0.05) is 12.1 Å². The normalized spacial score (nSPS) is 21.6. The van der Waals surface area contributed by atoms with E-state index in [2.05, 4.69) is 0 Å². The first-order valence-electron chi connectivity index (χ1n) is 9.45. The smallest absolute Gasteiger partial charge is 0.227 e. The molecule has 0 saturated carbocycles. The zero-order chi connectivity index (χ0) is 19.7. The SMILES string of the molecule is COc1ccc(N2CC3(CCN(C(=O)Cc4ccc(F)cc4)C3)CC2=O)cc1. The number of methoxy groups -OCH3 is 1. The van der Waals surface area contributed by atoms with Crippen LogP contribution in [0.4, 0.5) is 10.1 Å². The maximum Gasteiger partial charge on any atom is 0.227 e. The summed E-state index contributed by atoms with van der Waals surface area (Å²) in [5, 5.41) is 0. The predicted octanol–water partition coefficient (Wildman–Crippen LogP) is 3.03. The molecule has 28 heavy (non-hydrogen) atoms. The molecule has 1 atom stereocenters. The Labute approximate surface area is 163 Å². The molecule has 2 fully saturated rings. The molecule has 4 rings (SSSR count). The second kappa shape index (κ2) is 7.26. The first-order valence-corrected chi connectivity index (χ1v) is 9.45. The summed E-state index contributed by atoms with van der Waals surface area (Å²) in [6.45, 7) is 1.87. The van der Waals surface area contributed by atoms with Crippen molar-refractivity contribution in [2.75, 3.05) is 31.6 Å². The van der Waals surface area contributed by atoms with Crippen LogP contribution < -0.4 is 9.64 Å². The van der Waals surface area contributed by atoms with Crippen LogP contribution in [0.15, 0.2) is 48.5 Å². The lowest BCUT2D eigenvalue weighted by Gasteiger charge is -2.24. The number of benzene rings is 2. The average molecular weight is 382 g/mol. The first-order chi connectivity index (χ1) is 13.5. The Kier molecular flexibility index (Phi) is 4.79. The molecule has 2 heterocycles. The lowest BCUT2D eigenvalue weighted by Crippen LogP contribution is -2.34. The molecule has 0 bridgehead atoms. The molecular formula is C22H23FN2O3. The lowest BCUT2D eigenvalue weighted by molar-refractivity contribution is -0.130. The zero-order valence-corrected chi connectivity index (χ0v) is 15.9. The molecule has 1 unspecified atom stereocenters. The van der Waals surface area contributed by atoms with Gasteiger partial charge < -0.3 is 14.5 Å². The van der Waals surface area contributed by atoms with E-state index in [0.29, 0.717) is 26.1 Å². The number of anilines is 1. The molecule has 0 radical (unpaired) electrons. The molecule has 6 heteroatoms. The quantitative estimate of drug-likeness (QED) is 0.817. The van der Waals surface area contributed by atoms with Gasteiger partial charge in [-0.25, -0.2) is 4.39 Å². The number of hydrogen-bond donors (Lipinski definition) is 0. The molecule has 2 saturated heterocycles. The van der Waals surface area contributed by atoms with Crippen molar-refractivity contribution < 1.29 is 18.7 Å². The van der Waals surface area contributed by atoms with Crippen LogP contribution in [-0.2, 0) is 16.0 Å². The highest BCUT2D eigenvalue weighted by Crippen LogP contribution is 2.42. The van der Waals surface area contributed by atoms with Gasteiger partial charge >= 0.3 is 0 Å². The molecule has 0 aliphatic carbocycles. The van der Waals surface area contributed by atoms with Crippen molar-refractivity contribution in [1.82, 2.24) is 4.90 Å². The fraction of sp³-hybridized carbons (Fsp3) is 0.364. The number of rotatable bonds is 4. The summed E-state index contributed by atoms with van der Waals surface area (Å²) in [4.78, 5) is 29.0. The van der Waals surface area contributed by atoms with E-state index in [0.717, 1.165) is 23.4 Å². The Bertz CT molecular complexity index is 882. The minimum atomic E-state index is -0.306. The van der Waals surface area contributed by atoms with Gasteiger partial charge in [-0.2, -0.15) is 0 Å². The number of hydrogen-bond acceptors (Lipinski definition) is 3. The Morgan fingerprint density at radius 2 is 1.82 bits per heavy atom. The molecule has 1 spiro atoms. The third-order valence-electron chi connectivity index (χ3n) is 5.76. The van der Waals surface area contributed by atoms with Gasteiger partial charge in [0.2, 0.25) is 11.8 Å². The van der Waals surface area contributed by atoms with Gasteiger partial charge in [-0.3, -0.25) is 9.59 Å². The highest BCUT2D eigenvalue weighted by atomic mass is 19.1. The van der Waals surface area contributed by atoms with Gasteiger partial charge in [0, 0.05) is 37.2 Å². The summed E-state index contributed by atoms with van der Waals surface area (Å²) in [5.41, 5.74) is 1.48. The number of amides is 2. The molecule has 2 aliphatic heterocycles. The summed E-state index contributed by atoms with van der Waals surface area (Å²) in [7, 11) is 1.61. The molecular weight excluding hydrogens is 359 g/mol. The van der Waals surface area contributed by atoms with Crippen LogP contribution in [-0.4, -0.2) is 43.5 Å². The zero-order valence-electron chi connectivity index (χ0n) is 15.9. The van der Waals surface area contributed by atoms with Crippen molar-refractivity contribution in [3.8, 4) is 5.75 Å². The van der Waals surface area contributed by atoms with Crippen molar-refractivity contribution >= 4 is 17.5 Å². The molecule has 0 aromatic heterocycles. The van der Waals surface area contributed by atoms with Crippen LogP contribution in [0.25, 0.3) is 0 Å². The summed E-state index contributed by atoms with van der Waals surface area (Å²) < 4.78 is 18.2. The maximum absolute atomic E-state index is 13.0. The molecule has 0 N–H and O–H groups in total. The van der Waals surface area contributed by atoms with Crippen molar-refractivity contribution in [3.05, 3.63) is 59.9 Å². The number of ether oxygens (including phenoxy) is 1. The third-order valence-corrected chi connectivity index (χ3v) is 5.76. The van der Waals surface area contributed by atoms with Crippen LogP contribution in [0.5, 0.6) is 5.75 Å². The minimum Gasteiger partial charge on any atom is -0.497 e.